The zero-order chi connectivity index (χ0) is 23.1. The third-order valence-corrected chi connectivity index (χ3v) is 5.94. The summed E-state index contributed by atoms with van der Waals surface area (Å²) in [5, 5.41) is 13.2. The average molecular weight is 434 g/mol. The van der Waals surface area contributed by atoms with E-state index in [1.54, 1.807) is 24.4 Å². The van der Waals surface area contributed by atoms with Gasteiger partial charge in [-0.1, -0.05) is 54.6 Å². The van der Waals surface area contributed by atoms with Gasteiger partial charge in [-0.05, 0) is 60.0 Å². The number of aliphatic hydroxyl groups is 1. The highest BCUT2D eigenvalue weighted by atomic mass is 16.3. The van der Waals surface area contributed by atoms with Gasteiger partial charge < -0.3 is 5.11 Å². The van der Waals surface area contributed by atoms with Crippen molar-refractivity contribution in [1.82, 2.24) is 4.98 Å². The SMILES string of the molecule is Cc1cc(C)cc(N2C(=O)C(=O)/C(=C(\O)c3cccc4ccccc34)C2c2ccccn2)c1. The molecule has 1 aliphatic heterocycles. The summed E-state index contributed by atoms with van der Waals surface area (Å²) in [4.78, 5) is 32.6. The molecule has 0 aliphatic carbocycles. The monoisotopic (exact) mass is 434 g/mol. The molecular weight excluding hydrogens is 412 g/mol. The van der Waals surface area contributed by atoms with Gasteiger partial charge in [-0.2, -0.15) is 0 Å². The van der Waals surface area contributed by atoms with Crippen LogP contribution in [0.15, 0.2) is 90.6 Å². The molecule has 2 heterocycles. The first-order chi connectivity index (χ1) is 16.0. The molecule has 0 spiro atoms. The molecule has 1 aliphatic rings. The molecule has 5 nitrogen and oxygen atoms in total. The number of Topliss-reactive ketones (excluding diaryl/α,β-unsaturated/α-hetero) is 1. The quantitative estimate of drug-likeness (QED) is 0.263. The Morgan fingerprint density at radius 3 is 2.30 bits per heavy atom. The van der Waals surface area contributed by atoms with Crippen LogP contribution in [-0.2, 0) is 9.59 Å². The maximum Gasteiger partial charge on any atom is 0.300 e. The molecule has 4 aromatic rings. The molecule has 1 fully saturated rings. The molecule has 1 aromatic heterocycles. The van der Waals surface area contributed by atoms with E-state index in [-0.39, 0.29) is 11.3 Å². The Morgan fingerprint density at radius 2 is 1.58 bits per heavy atom. The van der Waals surface area contributed by atoms with Crippen molar-refractivity contribution in [2.45, 2.75) is 19.9 Å². The van der Waals surface area contributed by atoms with Gasteiger partial charge in [-0.25, -0.2) is 0 Å². The summed E-state index contributed by atoms with van der Waals surface area (Å²) in [7, 11) is 0. The number of pyridine rings is 1. The molecule has 3 aromatic carbocycles. The summed E-state index contributed by atoms with van der Waals surface area (Å²) >= 11 is 0. The van der Waals surface area contributed by atoms with Gasteiger partial charge in [0.2, 0.25) is 0 Å². The maximum absolute atomic E-state index is 13.4. The van der Waals surface area contributed by atoms with Gasteiger partial charge in [0.15, 0.2) is 0 Å². The second-order valence-electron chi connectivity index (χ2n) is 8.30. The largest absolute Gasteiger partial charge is 0.507 e. The van der Waals surface area contributed by atoms with Crippen LogP contribution in [0.25, 0.3) is 16.5 Å². The Balaban J connectivity index is 1.79. The minimum atomic E-state index is -0.841. The molecule has 0 bridgehead atoms. The fourth-order valence-electron chi connectivity index (χ4n) is 4.58. The number of aliphatic hydroxyl groups excluding tert-OH is 1. The van der Waals surface area contributed by atoms with Gasteiger partial charge >= 0.3 is 0 Å². The highest BCUT2D eigenvalue weighted by Gasteiger charge is 2.47. The minimum absolute atomic E-state index is 0.0363. The number of hydrogen-bond acceptors (Lipinski definition) is 4. The number of benzene rings is 3. The summed E-state index contributed by atoms with van der Waals surface area (Å²) in [6, 6.07) is 23.4. The van der Waals surface area contributed by atoms with Crippen LogP contribution in [0.3, 0.4) is 0 Å². The fourth-order valence-corrected chi connectivity index (χ4v) is 4.58. The number of ketones is 1. The molecule has 33 heavy (non-hydrogen) atoms. The van der Waals surface area contributed by atoms with E-state index in [2.05, 4.69) is 4.98 Å². The van der Waals surface area contributed by atoms with Gasteiger partial charge in [0.05, 0.1) is 11.3 Å². The van der Waals surface area contributed by atoms with Crippen molar-refractivity contribution in [1.29, 1.82) is 0 Å². The van der Waals surface area contributed by atoms with Crippen LogP contribution < -0.4 is 4.90 Å². The van der Waals surface area contributed by atoms with E-state index in [1.165, 1.54) is 4.90 Å². The summed E-state index contributed by atoms with van der Waals surface area (Å²) in [5.41, 5.74) is 3.60. The van der Waals surface area contributed by atoms with E-state index in [1.807, 2.05) is 74.5 Å². The predicted octanol–water partition coefficient (Wildman–Crippen LogP) is 5.48. The molecule has 1 atom stereocenters. The summed E-state index contributed by atoms with van der Waals surface area (Å²) in [6.07, 6.45) is 1.62. The molecule has 1 N–H and O–H groups in total. The van der Waals surface area contributed by atoms with Gasteiger partial charge in [0, 0.05) is 17.4 Å². The number of aryl methyl sites for hydroxylation is 2. The molecule has 162 valence electrons. The Bertz CT molecular complexity index is 1410. The number of carbonyl (C=O) groups is 2. The van der Waals surface area contributed by atoms with Crippen molar-refractivity contribution < 1.29 is 14.7 Å². The first-order valence-corrected chi connectivity index (χ1v) is 10.7. The number of fused-ring (bicyclic) bond motifs is 1. The lowest BCUT2D eigenvalue weighted by molar-refractivity contribution is -0.132. The van der Waals surface area contributed by atoms with Crippen molar-refractivity contribution in [2.24, 2.45) is 0 Å². The van der Waals surface area contributed by atoms with Crippen LogP contribution in [0.4, 0.5) is 5.69 Å². The van der Waals surface area contributed by atoms with E-state index in [9.17, 15) is 14.7 Å². The van der Waals surface area contributed by atoms with Crippen LogP contribution >= 0.6 is 0 Å². The second-order valence-corrected chi connectivity index (χ2v) is 8.30. The van der Waals surface area contributed by atoms with Crippen molar-refractivity contribution in [3.63, 3.8) is 0 Å². The second kappa shape index (κ2) is 8.02. The first kappa shape index (κ1) is 20.6. The maximum atomic E-state index is 13.4. The fraction of sp³-hybridized carbons (Fsp3) is 0.107. The first-order valence-electron chi connectivity index (χ1n) is 10.7. The number of hydrogen-bond donors (Lipinski definition) is 1. The van der Waals surface area contributed by atoms with E-state index >= 15 is 0 Å². The Hall–Kier alpha value is -4.25. The van der Waals surface area contributed by atoms with Crippen molar-refractivity contribution in [2.75, 3.05) is 4.90 Å². The Labute approximate surface area is 191 Å². The topological polar surface area (TPSA) is 70.5 Å². The Kier molecular flexibility index (Phi) is 5.02. The van der Waals surface area contributed by atoms with E-state index in [0.29, 0.717) is 16.9 Å². The highest BCUT2D eigenvalue weighted by Crippen LogP contribution is 2.42. The van der Waals surface area contributed by atoms with Crippen molar-refractivity contribution in [3.8, 4) is 0 Å². The molecule has 1 amide bonds. The predicted molar refractivity (Wildman–Crippen MR) is 129 cm³/mol. The van der Waals surface area contributed by atoms with Crippen molar-refractivity contribution >= 4 is 33.9 Å². The minimum Gasteiger partial charge on any atom is -0.507 e. The smallest absolute Gasteiger partial charge is 0.300 e. The normalized spacial score (nSPS) is 17.6. The standard InChI is InChI=1S/C28H22N2O3/c1-17-14-18(2)16-20(15-17)30-25(23-12-5-6-13-29-23)24(27(32)28(30)33)26(31)22-11-7-9-19-8-3-4-10-21(19)22/h3-16,25,31H,1-2H3/b26-24-. The van der Waals surface area contributed by atoms with Gasteiger partial charge in [0.1, 0.15) is 11.8 Å². The number of nitrogens with zero attached hydrogens (tertiary/aromatic N) is 2. The zero-order valence-electron chi connectivity index (χ0n) is 18.3. The number of rotatable bonds is 3. The number of anilines is 1. The number of carbonyl (C=O) groups excluding carboxylic acids is 2. The molecule has 5 rings (SSSR count). The average Bonchev–Trinajstić information content (AvgIpc) is 3.08. The van der Waals surface area contributed by atoms with Crippen LogP contribution in [0.2, 0.25) is 0 Å². The van der Waals surface area contributed by atoms with E-state index in [0.717, 1.165) is 21.9 Å². The number of amides is 1. The lowest BCUT2D eigenvalue weighted by Crippen LogP contribution is -2.30. The number of aromatic nitrogens is 1. The molecule has 0 saturated carbocycles. The van der Waals surface area contributed by atoms with Gasteiger partial charge in [-0.15, -0.1) is 0 Å². The highest BCUT2D eigenvalue weighted by molar-refractivity contribution is 6.51. The van der Waals surface area contributed by atoms with Crippen LogP contribution in [-0.4, -0.2) is 21.8 Å². The lowest BCUT2D eigenvalue weighted by atomic mass is 9.95. The molecule has 5 heteroatoms. The van der Waals surface area contributed by atoms with Crippen LogP contribution in [0, 0.1) is 13.8 Å². The Morgan fingerprint density at radius 1 is 0.879 bits per heavy atom. The van der Waals surface area contributed by atoms with E-state index in [4.69, 9.17) is 0 Å². The summed E-state index contributed by atoms with van der Waals surface area (Å²) < 4.78 is 0. The molecule has 1 saturated heterocycles. The third kappa shape index (κ3) is 3.48. The molecular formula is C28H22N2O3. The van der Waals surface area contributed by atoms with E-state index < -0.39 is 17.7 Å². The van der Waals surface area contributed by atoms with Gasteiger partial charge in [-0.3, -0.25) is 19.5 Å². The molecule has 0 radical (unpaired) electrons. The van der Waals surface area contributed by atoms with Crippen LogP contribution in [0.1, 0.15) is 28.4 Å². The third-order valence-electron chi connectivity index (χ3n) is 5.94. The lowest BCUT2D eigenvalue weighted by Gasteiger charge is -2.25. The van der Waals surface area contributed by atoms with Crippen molar-refractivity contribution in [3.05, 3.63) is 113 Å². The summed E-state index contributed by atoms with van der Waals surface area (Å²) in [5.74, 6) is -1.61. The van der Waals surface area contributed by atoms with Gasteiger partial charge in [0.25, 0.3) is 11.7 Å². The molecule has 1 unspecified atom stereocenters. The summed E-state index contributed by atoms with van der Waals surface area (Å²) in [6.45, 7) is 3.89. The van der Waals surface area contributed by atoms with Crippen LogP contribution in [0.5, 0.6) is 0 Å². The zero-order valence-corrected chi connectivity index (χ0v) is 18.3.